The zero-order chi connectivity index (χ0) is 14.7. The Balaban J connectivity index is 1.47. The van der Waals surface area contributed by atoms with E-state index in [4.69, 9.17) is 0 Å². The SMILES string of the molecule is CC12CC3CC(C)(C1)CC(NC(=O)CC1CCNC1)(C3)C2. The van der Waals surface area contributed by atoms with Crippen molar-refractivity contribution in [3.8, 4) is 0 Å². The lowest BCUT2D eigenvalue weighted by Gasteiger charge is -2.65. The molecule has 4 aliphatic carbocycles. The summed E-state index contributed by atoms with van der Waals surface area (Å²) >= 11 is 0. The van der Waals surface area contributed by atoms with Gasteiger partial charge in [0.1, 0.15) is 0 Å². The molecule has 4 bridgehead atoms. The molecule has 0 radical (unpaired) electrons. The van der Waals surface area contributed by atoms with Gasteiger partial charge in [0, 0.05) is 12.0 Å². The van der Waals surface area contributed by atoms with Crippen LogP contribution in [0.2, 0.25) is 0 Å². The van der Waals surface area contributed by atoms with E-state index in [1.807, 2.05) is 0 Å². The van der Waals surface area contributed by atoms with Gasteiger partial charge >= 0.3 is 0 Å². The Morgan fingerprint density at radius 2 is 1.86 bits per heavy atom. The third kappa shape index (κ3) is 2.52. The molecule has 3 heteroatoms. The molecule has 5 fully saturated rings. The van der Waals surface area contributed by atoms with E-state index in [1.54, 1.807) is 0 Å². The molecular weight excluding hydrogens is 260 g/mol. The topological polar surface area (TPSA) is 41.1 Å². The second-order valence-corrected chi connectivity index (χ2v) is 9.52. The van der Waals surface area contributed by atoms with Crippen LogP contribution in [0.4, 0.5) is 0 Å². The first-order valence-corrected chi connectivity index (χ1v) is 8.90. The van der Waals surface area contributed by atoms with Crippen molar-refractivity contribution in [2.45, 2.75) is 70.8 Å². The molecular formula is C18H30N2O. The molecule has 0 aromatic rings. The Kier molecular flexibility index (Phi) is 2.99. The summed E-state index contributed by atoms with van der Waals surface area (Å²) in [5.74, 6) is 1.73. The van der Waals surface area contributed by atoms with E-state index in [2.05, 4.69) is 24.5 Å². The Morgan fingerprint density at radius 3 is 2.43 bits per heavy atom. The van der Waals surface area contributed by atoms with Crippen molar-refractivity contribution in [1.82, 2.24) is 10.6 Å². The van der Waals surface area contributed by atoms with Crippen LogP contribution in [0.5, 0.6) is 0 Å². The predicted octanol–water partition coefficient (Wildman–Crippen LogP) is 2.85. The van der Waals surface area contributed by atoms with Crippen LogP contribution in [0.25, 0.3) is 0 Å². The van der Waals surface area contributed by atoms with Gasteiger partial charge in [-0.15, -0.1) is 0 Å². The molecule has 1 aliphatic heterocycles. The molecule has 5 aliphatic rings. The first-order chi connectivity index (χ1) is 9.88. The molecule has 0 aromatic carbocycles. The summed E-state index contributed by atoms with van der Waals surface area (Å²) in [5.41, 5.74) is 1.10. The molecule has 1 heterocycles. The van der Waals surface area contributed by atoms with Gasteiger partial charge in [-0.3, -0.25) is 4.79 Å². The molecule has 118 valence electrons. The third-order valence-electron chi connectivity index (χ3n) is 6.67. The van der Waals surface area contributed by atoms with Gasteiger partial charge in [0.05, 0.1) is 0 Å². The molecule has 1 saturated heterocycles. The highest BCUT2D eigenvalue weighted by molar-refractivity contribution is 5.77. The van der Waals surface area contributed by atoms with E-state index in [0.29, 0.717) is 22.7 Å². The molecule has 0 spiro atoms. The number of rotatable bonds is 3. The second kappa shape index (κ2) is 4.47. The normalized spacial score (nSPS) is 51.3. The van der Waals surface area contributed by atoms with Gasteiger partial charge in [-0.1, -0.05) is 13.8 Å². The lowest BCUT2D eigenvalue weighted by molar-refractivity contribution is -0.140. The van der Waals surface area contributed by atoms with E-state index in [1.165, 1.54) is 44.9 Å². The van der Waals surface area contributed by atoms with Crippen LogP contribution >= 0.6 is 0 Å². The maximum absolute atomic E-state index is 12.6. The Hall–Kier alpha value is -0.570. The zero-order valence-electron chi connectivity index (χ0n) is 13.6. The maximum Gasteiger partial charge on any atom is 0.220 e. The van der Waals surface area contributed by atoms with E-state index >= 15 is 0 Å². The lowest BCUT2D eigenvalue weighted by Crippen LogP contribution is -2.65. The van der Waals surface area contributed by atoms with Crippen molar-refractivity contribution in [2.24, 2.45) is 22.7 Å². The van der Waals surface area contributed by atoms with Crippen molar-refractivity contribution < 1.29 is 4.79 Å². The van der Waals surface area contributed by atoms with Crippen molar-refractivity contribution in [2.75, 3.05) is 13.1 Å². The quantitative estimate of drug-likeness (QED) is 0.839. The summed E-state index contributed by atoms with van der Waals surface area (Å²) < 4.78 is 0. The molecule has 1 amide bonds. The van der Waals surface area contributed by atoms with E-state index in [0.717, 1.165) is 25.4 Å². The summed E-state index contributed by atoms with van der Waals surface area (Å²) in [7, 11) is 0. The number of carbonyl (C=O) groups excluding carboxylic acids is 1. The van der Waals surface area contributed by atoms with Gasteiger partial charge in [-0.25, -0.2) is 0 Å². The molecule has 21 heavy (non-hydrogen) atoms. The van der Waals surface area contributed by atoms with Crippen LogP contribution in [-0.4, -0.2) is 24.5 Å². The molecule has 0 aromatic heterocycles. The third-order valence-corrected chi connectivity index (χ3v) is 6.67. The minimum atomic E-state index is 0.131. The lowest BCUT2D eigenvalue weighted by atomic mass is 9.43. The largest absolute Gasteiger partial charge is 0.351 e. The number of amides is 1. The maximum atomic E-state index is 12.6. The average Bonchev–Trinajstić information content (AvgIpc) is 2.74. The average molecular weight is 290 g/mol. The van der Waals surface area contributed by atoms with Crippen LogP contribution in [0.1, 0.15) is 65.2 Å². The second-order valence-electron chi connectivity index (χ2n) is 9.52. The van der Waals surface area contributed by atoms with Gasteiger partial charge in [0.2, 0.25) is 5.91 Å². The Bertz CT molecular complexity index is 436. The fourth-order valence-electron chi connectivity index (χ4n) is 7.08. The first-order valence-electron chi connectivity index (χ1n) is 8.90. The molecule has 4 saturated carbocycles. The van der Waals surface area contributed by atoms with E-state index < -0.39 is 0 Å². The standard InChI is InChI=1S/C18H30N2O/c1-16-6-14-7-17(2,10-16)12-18(8-14,11-16)20-15(21)5-13-3-4-19-9-13/h13-14,19H,3-12H2,1-2H3,(H,20,21). The minimum absolute atomic E-state index is 0.131. The van der Waals surface area contributed by atoms with Crippen LogP contribution in [0.15, 0.2) is 0 Å². The first kappa shape index (κ1) is 14.0. The van der Waals surface area contributed by atoms with E-state index in [9.17, 15) is 4.79 Å². The van der Waals surface area contributed by atoms with Gasteiger partial charge in [-0.05, 0) is 80.7 Å². The van der Waals surface area contributed by atoms with Gasteiger partial charge in [0.25, 0.3) is 0 Å². The Morgan fingerprint density at radius 1 is 1.14 bits per heavy atom. The van der Waals surface area contributed by atoms with Gasteiger partial charge in [0.15, 0.2) is 0 Å². The predicted molar refractivity (Wildman–Crippen MR) is 83.9 cm³/mol. The summed E-state index contributed by atoms with van der Waals surface area (Å²) in [4.78, 5) is 12.6. The van der Waals surface area contributed by atoms with Crippen LogP contribution in [0, 0.1) is 22.7 Å². The van der Waals surface area contributed by atoms with Gasteiger partial charge < -0.3 is 10.6 Å². The van der Waals surface area contributed by atoms with Crippen LogP contribution in [-0.2, 0) is 4.79 Å². The number of carbonyl (C=O) groups is 1. The van der Waals surface area contributed by atoms with Crippen molar-refractivity contribution in [1.29, 1.82) is 0 Å². The molecule has 3 unspecified atom stereocenters. The highest BCUT2D eigenvalue weighted by Crippen LogP contribution is 2.66. The van der Waals surface area contributed by atoms with Crippen LogP contribution < -0.4 is 10.6 Å². The number of nitrogens with one attached hydrogen (secondary N) is 2. The Labute approximate surface area is 128 Å². The van der Waals surface area contributed by atoms with E-state index in [-0.39, 0.29) is 5.54 Å². The summed E-state index contributed by atoms with van der Waals surface area (Å²) in [6, 6.07) is 0. The van der Waals surface area contributed by atoms with Crippen molar-refractivity contribution >= 4 is 5.91 Å². The van der Waals surface area contributed by atoms with Crippen molar-refractivity contribution in [3.63, 3.8) is 0 Å². The molecule has 3 atom stereocenters. The fourth-order valence-corrected chi connectivity index (χ4v) is 7.08. The molecule has 5 rings (SSSR count). The van der Waals surface area contributed by atoms with Gasteiger partial charge in [-0.2, -0.15) is 0 Å². The highest BCUT2D eigenvalue weighted by atomic mass is 16.1. The summed E-state index contributed by atoms with van der Waals surface area (Å²) in [6.45, 7) is 7.05. The number of hydrogen-bond donors (Lipinski definition) is 2. The fraction of sp³-hybridized carbons (Fsp3) is 0.944. The minimum Gasteiger partial charge on any atom is -0.351 e. The number of hydrogen-bond acceptors (Lipinski definition) is 2. The van der Waals surface area contributed by atoms with Crippen LogP contribution in [0.3, 0.4) is 0 Å². The summed E-state index contributed by atoms with van der Waals surface area (Å²) in [6.07, 6.45) is 9.75. The smallest absolute Gasteiger partial charge is 0.220 e. The monoisotopic (exact) mass is 290 g/mol. The highest BCUT2D eigenvalue weighted by Gasteiger charge is 2.60. The van der Waals surface area contributed by atoms with Crippen molar-refractivity contribution in [3.05, 3.63) is 0 Å². The molecule has 3 nitrogen and oxygen atoms in total. The summed E-state index contributed by atoms with van der Waals surface area (Å²) in [5, 5.41) is 6.90. The molecule has 2 N–H and O–H groups in total. The zero-order valence-corrected chi connectivity index (χ0v) is 13.6.